The van der Waals surface area contributed by atoms with Gasteiger partial charge < -0.3 is 14.4 Å². The molecule has 0 aliphatic heterocycles. The minimum atomic E-state index is -4.81. The molecule has 1 N–H and O–H groups in total. The maximum absolute atomic E-state index is 12.1. The topological polar surface area (TPSA) is 104 Å². The highest BCUT2D eigenvalue weighted by atomic mass is 127. The van der Waals surface area contributed by atoms with Gasteiger partial charge in [-0.05, 0) is 155 Å². The van der Waals surface area contributed by atoms with Gasteiger partial charge in [0.1, 0.15) is 15.9 Å². The minimum absolute atomic E-state index is 0.0394. The third-order valence-corrected chi connectivity index (χ3v) is 11.7. The number of aromatic hydroxyl groups is 1. The van der Waals surface area contributed by atoms with Crippen LogP contribution in [-0.2, 0) is 21.0 Å². The number of phenols is 1. The van der Waals surface area contributed by atoms with Crippen molar-refractivity contribution < 1.29 is 27.6 Å². The molecule has 0 saturated carbocycles. The van der Waals surface area contributed by atoms with Crippen molar-refractivity contribution >= 4 is 94.8 Å². The summed E-state index contributed by atoms with van der Waals surface area (Å²) in [7, 11) is -4.85. The average Bonchev–Trinajstić information content (AvgIpc) is 2.97. The van der Waals surface area contributed by atoms with Crippen LogP contribution in [0.15, 0.2) is 123 Å². The maximum Gasteiger partial charge on any atom is 0.343 e. The Morgan fingerprint density at radius 2 is 1.09 bits per heavy atom. The number of hydrogen-bond donors (Lipinski definition) is 1. The summed E-state index contributed by atoms with van der Waals surface area (Å²) in [5.41, 5.74) is 3.85. The molecule has 6 nitrogen and oxygen atoms in total. The molecule has 11 heteroatoms. The van der Waals surface area contributed by atoms with Gasteiger partial charge >= 0.3 is 5.97 Å². The van der Waals surface area contributed by atoms with Gasteiger partial charge in [-0.1, -0.05) is 53.1 Å². The van der Waals surface area contributed by atoms with Crippen molar-refractivity contribution in [3.63, 3.8) is 0 Å². The fourth-order valence-corrected chi connectivity index (χ4v) is 10.5. The molecule has 0 aromatic heterocycles. The Kier molecular flexibility index (Phi) is 12.4. The second kappa shape index (κ2) is 15.6. The molecule has 5 rings (SSSR count). The predicted molar refractivity (Wildman–Crippen MR) is 201 cm³/mol. The standard InChI is InChI=1S/C21H21S.C13H7I3O6S/c1-16-4-10-19(11-5-16)22(20-12-6-17(2)7-13-20)21-14-8-18(3)9-15-21;14-7-4-8(15)12(9(16)5-7)22-13(18)6-1-2-11(10(17)3-6)23(19,20)21/h4-15H,1-3H3;1-5,17H,(H,19,20,21)/q+1;/p-1. The van der Waals surface area contributed by atoms with Gasteiger partial charge in [0, 0.05) is 3.57 Å². The molecule has 0 aliphatic rings. The molecule has 0 amide bonds. The Hall–Kier alpha value is -2.18. The van der Waals surface area contributed by atoms with E-state index in [9.17, 15) is 22.9 Å². The summed E-state index contributed by atoms with van der Waals surface area (Å²) in [4.78, 5) is 15.5. The largest absolute Gasteiger partial charge is 0.744 e. The predicted octanol–water partition coefficient (Wildman–Crippen LogP) is 9.04. The number of esters is 1. The molecule has 0 spiro atoms. The number of carbonyl (C=O) groups is 1. The number of hydrogen-bond acceptors (Lipinski definition) is 6. The normalized spacial score (nSPS) is 11.1. The van der Waals surface area contributed by atoms with E-state index in [2.05, 4.69) is 116 Å². The fourth-order valence-electron chi connectivity index (χ4n) is 4.07. The number of rotatable bonds is 6. The molecule has 5 aromatic rings. The number of phenolic OH excluding ortho intramolecular Hbond substituents is 1. The summed E-state index contributed by atoms with van der Waals surface area (Å²) in [6, 6.07) is 33.3. The first kappa shape index (κ1) is 35.7. The van der Waals surface area contributed by atoms with Gasteiger partial charge in [-0.2, -0.15) is 0 Å². The van der Waals surface area contributed by atoms with Crippen molar-refractivity contribution in [2.75, 3.05) is 0 Å². The van der Waals surface area contributed by atoms with E-state index in [1.807, 2.05) is 57.3 Å². The first-order valence-corrected chi connectivity index (χ1v) is 19.2. The first-order chi connectivity index (χ1) is 21.2. The second-order valence-electron chi connectivity index (χ2n) is 9.97. The van der Waals surface area contributed by atoms with Gasteiger partial charge in [0.25, 0.3) is 0 Å². The Morgan fingerprint density at radius 3 is 1.44 bits per heavy atom. The van der Waals surface area contributed by atoms with Crippen LogP contribution in [0.3, 0.4) is 0 Å². The molecule has 0 atom stereocenters. The molecule has 0 radical (unpaired) electrons. The van der Waals surface area contributed by atoms with E-state index >= 15 is 0 Å². The molecule has 45 heavy (non-hydrogen) atoms. The lowest BCUT2D eigenvalue weighted by molar-refractivity contribution is 0.0731. The van der Waals surface area contributed by atoms with Crippen LogP contribution >= 0.6 is 67.8 Å². The second-order valence-corrected chi connectivity index (χ2v) is 16.9. The van der Waals surface area contributed by atoms with Gasteiger partial charge in [-0.15, -0.1) is 0 Å². The molecule has 232 valence electrons. The van der Waals surface area contributed by atoms with Crippen LogP contribution in [0.2, 0.25) is 0 Å². The van der Waals surface area contributed by atoms with Crippen LogP contribution in [-0.4, -0.2) is 24.0 Å². The summed E-state index contributed by atoms with van der Waals surface area (Å²) in [6.45, 7) is 6.42. The molecular weight excluding hydrogens is 949 g/mol. The zero-order chi connectivity index (χ0) is 32.9. The number of ether oxygens (including phenoxy) is 1. The van der Waals surface area contributed by atoms with Gasteiger partial charge in [-0.3, -0.25) is 0 Å². The zero-order valence-corrected chi connectivity index (χ0v) is 32.4. The lowest BCUT2D eigenvalue weighted by Crippen LogP contribution is -2.11. The molecule has 0 saturated heterocycles. The molecule has 0 aliphatic carbocycles. The number of halogens is 3. The Balaban J connectivity index is 0.000000205. The quantitative estimate of drug-likeness (QED) is 0.0600. The van der Waals surface area contributed by atoms with Gasteiger partial charge in [0.2, 0.25) is 0 Å². The van der Waals surface area contributed by atoms with Crippen LogP contribution in [0.5, 0.6) is 11.5 Å². The third-order valence-electron chi connectivity index (χ3n) is 6.39. The van der Waals surface area contributed by atoms with E-state index < -0.39 is 26.7 Å². The Labute approximate surface area is 307 Å². The molecule has 0 bridgehead atoms. The van der Waals surface area contributed by atoms with Gasteiger partial charge in [0.15, 0.2) is 20.4 Å². The van der Waals surface area contributed by atoms with Crippen molar-refractivity contribution in [3.8, 4) is 11.5 Å². The van der Waals surface area contributed by atoms with E-state index in [0.717, 1.165) is 28.9 Å². The van der Waals surface area contributed by atoms with E-state index in [1.54, 1.807) is 0 Å². The van der Waals surface area contributed by atoms with Crippen LogP contribution in [0.1, 0.15) is 27.0 Å². The van der Waals surface area contributed by atoms with Crippen molar-refractivity contribution in [1.29, 1.82) is 0 Å². The highest BCUT2D eigenvalue weighted by Crippen LogP contribution is 2.33. The number of benzene rings is 5. The van der Waals surface area contributed by atoms with Crippen molar-refractivity contribution in [2.24, 2.45) is 0 Å². The van der Waals surface area contributed by atoms with Crippen LogP contribution in [0.25, 0.3) is 0 Å². The highest BCUT2D eigenvalue weighted by Gasteiger charge is 2.28. The van der Waals surface area contributed by atoms with E-state index in [4.69, 9.17) is 4.74 Å². The molecule has 0 unspecified atom stereocenters. The van der Waals surface area contributed by atoms with Gasteiger partial charge in [-0.25, -0.2) is 13.2 Å². The summed E-state index contributed by atoms with van der Waals surface area (Å²) >= 11 is 6.20. The van der Waals surface area contributed by atoms with E-state index in [-0.39, 0.29) is 16.5 Å². The lowest BCUT2D eigenvalue weighted by Gasteiger charge is -2.12. The van der Waals surface area contributed by atoms with Crippen LogP contribution in [0.4, 0.5) is 0 Å². The smallest absolute Gasteiger partial charge is 0.343 e. The van der Waals surface area contributed by atoms with Crippen molar-refractivity contribution in [2.45, 2.75) is 40.4 Å². The van der Waals surface area contributed by atoms with E-state index in [0.29, 0.717) is 5.75 Å². The molecule has 0 heterocycles. The highest BCUT2D eigenvalue weighted by molar-refractivity contribution is 14.1. The Morgan fingerprint density at radius 1 is 0.689 bits per heavy atom. The maximum atomic E-state index is 12.1. The molecular formula is C34H27I3O6S2. The number of aryl methyl sites for hydroxylation is 3. The lowest BCUT2D eigenvalue weighted by atomic mass is 10.2. The molecule has 0 fully saturated rings. The summed E-state index contributed by atoms with van der Waals surface area (Å²) in [5, 5.41) is 9.60. The Bertz CT molecular complexity index is 1800. The fraction of sp³-hybridized carbons (Fsp3) is 0.0882. The van der Waals surface area contributed by atoms with Crippen molar-refractivity contribution in [3.05, 3.63) is 136 Å². The minimum Gasteiger partial charge on any atom is -0.744 e. The summed E-state index contributed by atoms with van der Waals surface area (Å²) < 4.78 is 40.5. The van der Waals surface area contributed by atoms with Gasteiger partial charge in [0.05, 0.1) is 28.5 Å². The third kappa shape index (κ3) is 9.67. The summed E-state index contributed by atoms with van der Waals surface area (Å²) in [5.74, 6) is -1.19. The average molecular weight is 976 g/mol. The van der Waals surface area contributed by atoms with Crippen molar-refractivity contribution in [1.82, 2.24) is 0 Å². The first-order valence-electron chi connectivity index (χ1n) is 13.3. The summed E-state index contributed by atoms with van der Waals surface area (Å²) in [6.07, 6.45) is 0. The monoisotopic (exact) mass is 976 g/mol. The zero-order valence-electron chi connectivity index (χ0n) is 24.3. The SMILES string of the molecule is Cc1ccc([S+](c2ccc(C)cc2)c2ccc(C)cc2)cc1.O=C(Oc1c(I)cc(I)cc1I)c1ccc(S(=O)(=O)[O-])c(O)c1. The van der Waals surface area contributed by atoms with Crippen LogP contribution in [0, 0.1) is 31.5 Å². The van der Waals surface area contributed by atoms with Crippen LogP contribution < -0.4 is 4.74 Å². The number of carbonyl (C=O) groups excluding carboxylic acids is 1. The molecule has 5 aromatic carbocycles. The van der Waals surface area contributed by atoms with E-state index in [1.165, 1.54) is 31.4 Å².